The minimum atomic E-state index is -3.58. The molecule has 0 aliphatic carbocycles. The van der Waals surface area contributed by atoms with Crippen molar-refractivity contribution in [2.45, 2.75) is 98.2 Å². The monoisotopic (exact) mass is 528 g/mol. The van der Waals surface area contributed by atoms with Gasteiger partial charge in [-0.2, -0.15) is 0 Å². The minimum absolute atomic E-state index is 1.82. The van der Waals surface area contributed by atoms with Gasteiger partial charge in [-0.15, -0.1) is 0 Å². The van der Waals surface area contributed by atoms with Crippen molar-refractivity contribution < 1.29 is 24.7 Å². The Kier molecular flexibility index (Phi) is 10.1. The highest BCUT2D eigenvalue weighted by atomic mass is 28.5. The number of rotatable bonds is 12. The van der Waals surface area contributed by atoms with Crippen molar-refractivity contribution in [1.82, 2.24) is 0 Å². The Hall–Kier alpha value is 1.34. The molecule has 0 aromatic heterocycles. The van der Waals surface area contributed by atoms with Crippen molar-refractivity contribution in [3.8, 4) is 0 Å². The van der Waals surface area contributed by atoms with E-state index in [2.05, 4.69) is 58.9 Å². The molecular formula is C15H45BO6Si7. The van der Waals surface area contributed by atoms with Gasteiger partial charge in [0, 0.05) is 0 Å². The SMILES string of the molecule is [B][Si](O[Si](C)(C)O[Si](C)(C)C)(O[Si](C)(C)O[Si](C)(C)C)O[Si](C)(C)O[Si](C)(C)C. The van der Waals surface area contributed by atoms with Gasteiger partial charge < -0.3 is 24.7 Å². The Labute approximate surface area is 189 Å². The maximum atomic E-state index is 6.80. The molecule has 0 N–H and O–H groups in total. The summed E-state index contributed by atoms with van der Waals surface area (Å²) in [7, 11) is -10.0. The molecule has 0 unspecified atom stereocenters. The fraction of sp³-hybridized carbons (Fsp3) is 1.00. The first kappa shape index (κ1) is 30.3. The molecule has 0 heterocycles. The van der Waals surface area contributed by atoms with Crippen LogP contribution in [-0.4, -0.2) is 66.7 Å². The molecule has 29 heavy (non-hydrogen) atoms. The fourth-order valence-electron chi connectivity index (χ4n) is 3.36. The molecule has 6 nitrogen and oxygen atoms in total. The predicted octanol–water partition coefficient (Wildman–Crippen LogP) is 5.30. The highest BCUT2D eigenvalue weighted by Crippen LogP contribution is 2.28. The van der Waals surface area contributed by atoms with Gasteiger partial charge in [-0.25, -0.2) is 0 Å². The first-order valence-electron chi connectivity index (χ1n) is 10.2. The van der Waals surface area contributed by atoms with Crippen molar-refractivity contribution in [1.29, 1.82) is 0 Å². The van der Waals surface area contributed by atoms with E-state index in [1.165, 1.54) is 0 Å². The smallest absolute Gasteiger partial charge is 0.402 e. The van der Waals surface area contributed by atoms with Crippen LogP contribution in [0.3, 0.4) is 0 Å². The minimum Gasteiger partial charge on any atom is -0.437 e. The molecule has 0 aliphatic rings. The molecule has 172 valence electrons. The third-order valence-electron chi connectivity index (χ3n) is 2.82. The summed E-state index contributed by atoms with van der Waals surface area (Å²) < 4.78 is 38.5. The molecule has 14 heteroatoms. The van der Waals surface area contributed by atoms with Crippen LogP contribution in [0.4, 0.5) is 0 Å². The largest absolute Gasteiger partial charge is 0.437 e. The van der Waals surface area contributed by atoms with Gasteiger partial charge in [-0.05, 0) is 98.2 Å². The molecule has 0 spiro atoms. The van der Waals surface area contributed by atoms with E-state index in [-0.39, 0.29) is 0 Å². The lowest BCUT2D eigenvalue weighted by Gasteiger charge is -2.45. The zero-order chi connectivity index (χ0) is 23.7. The van der Waals surface area contributed by atoms with Crippen LogP contribution in [0, 0.1) is 0 Å². The zero-order valence-electron chi connectivity index (χ0n) is 21.5. The average Bonchev–Trinajstić information content (AvgIpc) is 2.10. The summed E-state index contributed by atoms with van der Waals surface area (Å²) in [5.74, 6) is 0. The third-order valence-corrected chi connectivity index (χ3v) is 25.4. The molecule has 0 aliphatic heterocycles. The van der Waals surface area contributed by atoms with Crippen LogP contribution >= 0.6 is 0 Å². The van der Waals surface area contributed by atoms with Gasteiger partial charge in [0.15, 0.2) is 32.4 Å². The molecule has 0 amide bonds. The van der Waals surface area contributed by atoms with Gasteiger partial charge >= 0.3 is 34.4 Å². The second-order valence-electron chi connectivity index (χ2n) is 11.8. The summed E-state index contributed by atoms with van der Waals surface area (Å²) in [5, 5.41) is 0. The maximum Gasteiger partial charge on any atom is 0.402 e. The summed E-state index contributed by atoms with van der Waals surface area (Å²) in [6, 6.07) is 0. The van der Waals surface area contributed by atoms with E-state index in [4.69, 9.17) is 32.1 Å². The van der Waals surface area contributed by atoms with Gasteiger partial charge in [0.2, 0.25) is 0 Å². The van der Waals surface area contributed by atoms with E-state index in [9.17, 15) is 0 Å². The number of hydrogen-bond acceptors (Lipinski definition) is 6. The molecule has 0 bridgehead atoms. The van der Waals surface area contributed by atoms with Crippen LogP contribution in [0.2, 0.25) is 98.2 Å². The van der Waals surface area contributed by atoms with E-state index >= 15 is 0 Å². The summed E-state index contributed by atoms with van der Waals surface area (Å²) in [4.78, 5) is 0. The molecule has 0 aromatic rings. The highest BCUT2D eigenvalue weighted by molar-refractivity contribution is 7.14. The van der Waals surface area contributed by atoms with Crippen LogP contribution in [-0.2, 0) is 24.7 Å². The topological polar surface area (TPSA) is 55.4 Å². The lowest BCUT2D eigenvalue weighted by molar-refractivity contribution is 0.215. The molecule has 0 saturated heterocycles. The maximum absolute atomic E-state index is 6.80. The Morgan fingerprint density at radius 1 is 0.345 bits per heavy atom. The standard InChI is InChI=1S/C15H45BO6Si7/c1-23(2,3)17-26(10,11)20-29(16,21-27(12,13)18-24(4,5)6)22-28(14,15)19-25(7,8)9/h1-15H3. The van der Waals surface area contributed by atoms with Gasteiger partial charge in [-0.1, -0.05) is 0 Å². The summed E-state index contributed by atoms with van der Waals surface area (Å²) >= 11 is 0. The summed E-state index contributed by atoms with van der Waals surface area (Å²) in [5.41, 5.74) is 0. The molecule has 0 fully saturated rings. The van der Waals surface area contributed by atoms with Crippen LogP contribution in [0.15, 0.2) is 0 Å². The quantitative estimate of drug-likeness (QED) is 0.320. The van der Waals surface area contributed by atoms with Crippen molar-refractivity contribution in [2.75, 3.05) is 0 Å². The molecule has 0 saturated carbocycles. The van der Waals surface area contributed by atoms with Gasteiger partial charge in [-0.3, -0.25) is 0 Å². The van der Waals surface area contributed by atoms with E-state index in [0.717, 1.165) is 0 Å². The Morgan fingerprint density at radius 3 is 0.655 bits per heavy atom. The van der Waals surface area contributed by atoms with Crippen LogP contribution in [0.25, 0.3) is 0 Å². The molecule has 0 atom stereocenters. The highest BCUT2D eigenvalue weighted by Gasteiger charge is 2.52. The van der Waals surface area contributed by atoms with Gasteiger partial charge in [0.05, 0.1) is 0 Å². The van der Waals surface area contributed by atoms with Gasteiger partial charge in [0.1, 0.15) is 0 Å². The molecule has 0 rings (SSSR count). The normalized spacial score (nSPS) is 15.7. The first-order valence-corrected chi connectivity index (χ1v) is 30.7. The second-order valence-corrected chi connectivity index (χ2v) is 38.9. The lowest BCUT2D eigenvalue weighted by atomic mass is 10.8. The van der Waals surface area contributed by atoms with Crippen molar-refractivity contribution in [2.24, 2.45) is 0 Å². The van der Waals surface area contributed by atoms with Crippen LogP contribution in [0.5, 0.6) is 0 Å². The van der Waals surface area contributed by atoms with Crippen molar-refractivity contribution in [3.63, 3.8) is 0 Å². The molecule has 0 aromatic carbocycles. The van der Waals surface area contributed by atoms with Crippen LogP contribution in [0.1, 0.15) is 0 Å². The van der Waals surface area contributed by atoms with Crippen molar-refractivity contribution >= 4 is 66.7 Å². The molecule has 2 radical (unpaired) electrons. The van der Waals surface area contributed by atoms with Crippen molar-refractivity contribution in [3.05, 3.63) is 0 Å². The third kappa shape index (κ3) is 15.7. The molecular weight excluding hydrogens is 484 g/mol. The summed E-state index contributed by atoms with van der Waals surface area (Å²) in [6.07, 6.45) is 0. The van der Waals surface area contributed by atoms with Crippen LogP contribution < -0.4 is 0 Å². The summed E-state index contributed by atoms with van der Waals surface area (Å²) in [6.45, 7) is 31.4. The Morgan fingerprint density at radius 2 is 0.517 bits per heavy atom. The first-order chi connectivity index (χ1) is 12.2. The predicted molar refractivity (Wildman–Crippen MR) is 141 cm³/mol. The lowest BCUT2D eigenvalue weighted by Crippen LogP contribution is -2.66. The number of hydrogen-bond donors (Lipinski definition) is 0. The van der Waals surface area contributed by atoms with E-state index < -0.39 is 59.3 Å². The fourth-order valence-corrected chi connectivity index (χ4v) is 32.5. The Bertz CT molecular complexity index is 467. The van der Waals surface area contributed by atoms with E-state index in [0.29, 0.717) is 0 Å². The van der Waals surface area contributed by atoms with Gasteiger partial charge in [0.25, 0.3) is 0 Å². The zero-order valence-corrected chi connectivity index (χ0v) is 28.5. The van der Waals surface area contributed by atoms with E-state index in [1.807, 2.05) is 39.3 Å². The average molecular weight is 529 g/mol. The second kappa shape index (κ2) is 9.68. The Balaban J connectivity index is 5.85. The van der Waals surface area contributed by atoms with E-state index in [1.54, 1.807) is 0 Å².